The van der Waals surface area contributed by atoms with Crippen LogP contribution in [0.1, 0.15) is 75.7 Å². The number of nitrogens with zero attached hydrogens (tertiary/aromatic N) is 2. The second-order valence-corrected chi connectivity index (χ2v) is 7.46. The van der Waals surface area contributed by atoms with Gasteiger partial charge in [0.15, 0.2) is 0 Å². The monoisotopic (exact) mass is 311 g/mol. The van der Waals surface area contributed by atoms with E-state index in [2.05, 4.69) is 36.3 Å². The second-order valence-electron chi connectivity index (χ2n) is 6.31. The Morgan fingerprint density at radius 3 is 2.19 bits per heavy atom. The number of hydrogen-bond acceptors (Lipinski definition) is 4. The maximum absolute atomic E-state index is 4.33. The van der Waals surface area contributed by atoms with E-state index >= 15 is 0 Å². The zero-order chi connectivity index (χ0) is 15.3. The summed E-state index contributed by atoms with van der Waals surface area (Å²) < 4.78 is 0. The molecule has 0 radical (unpaired) electrons. The Morgan fingerprint density at radius 2 is 1.52 bits per heavy atom. The first kappa shape index (κ1) is 18.6. The molecule has 1 N–H and O–H groups in total. The van der Waals surface area contributed by atoms with Gasteiger partial charge in [0.2, 0.25) is 0 Å². The van der Waals surface area contributed by atoms with Crippen molar-refractivity contribution in [3.05, 3.63) is 10.0 Å². The quantitative estimate of drug-likeness (QED) is 0.540. The molecule has 0 aliphatic heterocycles. The summed E-state index contributed by atoms with van der Waals surface area (Å²) in [7, 11) is 0. The lowest BCUT2D eigenvalue weighted by molar-refractivity contribution is 0.542. The molecule has 0 saturated heterocycles. The van der Waals surface area contributed by atoms with E-state index in [-0.39, 0.29) is 0 Å². The number of hydrogen-bond donors (Lipinski definition) is 1. The van der Waals surface area contributed by atoms with Gasteiger partial charge in [-0.05, 0) is 31.8 Å². The third kappa shape index (κ3) is 9.97. The normalized spacial score (nSPS) is 11.4. The molecule has 122 valence electrons. The lowest BCUT2D eigenvalue weighted by Gasteiger charge is -2.05. The fourth-order valence-corrected chi connectivity index (χ4v) is 3.23. The van der Waals surface area contributed by atoms with E-state index < -0.39 is 0 Å². The Kier molecular flexibility index (Phi) is 10.7. The number of unbranched alkanes of at least 4 members (excludes halogenated alkanes) is 5. The molecule has 21 heavy (non-hydrogen) atoms. The van der Waals surface area contributed by atoms with E-state index in [1.165, 1.54) is 55.0 Å². The van der Waals surface area contributed by atoms with Gasteiger partial charge in [-0.3, -0.25) is 0 Å². The SMILES string of the molecule is CCCCCCCCc1nnc(CCCNCC(C)C)s1. The largest absolute Gasteiger partial charge is 0.316 e. The molecule has 0 aliphatic carbocycles. The highest BCUT2D eigenvalue weighted by Crippen LogP contribution is 2.15. The van der Waals surface area contributed by atoms with Crippen molar-refractivity contribution in [1.29, 1.82) is 0 Å². The molecule has 0 atom stereocenters. The van der Waals surface area contributed by atoms with Gasteiger partial charge >= 0.3 is 0 Å². The van der Waals surface area contributed by atoms with Crippen LogP contribution in [0.25, 0.3) is 0 Å². The molecule has 1 aromatic heterocycles. The molecule has 1 aromatic rings. The molecule has 0 unspecified atom stereocenters. The molecule has 4 heteroatoms. The summed E-state index contributed by atoms with van der Waals surface area (Å²) in [5.74, 6) is 0.732. The minimum absolute atomic E-state index is 0.732. The Balaban J connectivity index is 2.04. The lowest BCUT2D eigenvalue weighted by Crippen LogP contribution is -2.21. The highest BCUT2D eigenvalue weighted by atomic mass is 32.1. The van der Waals surface area contributed by atoms with Crippen molar-refractivity contribution >= 4 is 11.3 Å². The molecule has 0 aromatic carbocycles. The third-order valence-corrected chi connectivity index (χ3v) is 4.59. The maximum Gasteiger partial charge on any atom is 0.117 e. The van der Waals surface area contributed by atoms with E-state index in [9.17, 15) is 0 Å². The smallest absolute Gasteiger partial charge is 0.117 e. The fraction of sp³-hybridized carbons (Fsp3) is 0.882. The van der Waals surface area contributed by atoms with Gasteiger partial charge in [-0.15, -0.1) is 21.5 Å². The molecular formula is C17H33N3S. The first-order chi connectivity index (χ1) is 10.2. The van der Waals surface area contributed by atoms with Crippen molar-refractivity contribution in [1.82, 2.24) is 15.5 Å². The van der Waals surface area contributed by atoms with Gasteiger partial charge in [-0.25, -0.2) is 0 Å². The molecule has 0 fully saturated rings. The van der Waals surface area contributed by atoms with E-state index in [1.807, 2.05) is 11.3 Å². The van der Waals surface area contributed by atoms with Crippen LogP contribution in [-0.2, 0) is 12.8 Å². The van der Waals surface area contributed by atoms with Crippen LogP contribution in [0.4, 0.5) is 0 Å². The van der Waals surface area contributed by atoms with Gasteiger partial charge in [0.25, 0.3) is 0 Å². The van der Waals surface area contributed by atoms with Crippen molar-refractivity contribution in [2.45, 2.75) is 78.6 Å². The van der Waals surface area contributed by atoms with Crippen LogP contribution in [-0.4, -0.2) is 23.3 Å². The first-order valence-electron chi connectivity index (χ1n) is 8.74. The van der Waals surface area contributed by atoms with E-state index in [0.29, 0.717) is 0 Å². The van der Waals surface area contributed by atoms with E-state index in [0.717, 1.165) is 31.8 Å². The minimum Gasteiger partial charge on any atom is -0.316 e. The molecule has 1 heterocycles. The van der Waals surface area contributed by atoms with Crippen molar-refractivity contribution in [2.75, 3.05) is 13.1 Å². The molecule has 0 bridgehead atoms. The summed E-state index contributed by atoms with van der Waals surface area (Å²) >= 11 is 1.82. The number of aromatic nitrogens is 2. The Labute approximate surface area is 135 Å². The topological polar surface area (TPSA) is 37.8 Å². The van der Waals surface area contributed by atoms with Crippen LogP contribution < -0.4 is 5.32 Å². The molecule has 3 nitrogen and oxygen atoms in total. The minimum atomic E-state index is 0.732. The standard InChI is InChI=1S/C17H33N3S/c1-4-5-6-7-8-9-11-16-19-20-17(21-16)12-10-13-18-14-15(2)3/h15,18H,4-14H2,1-3H3. The van der Waals surface area contributed by atoms with Gasteiger partial charge in [0, 0.05) is 12.8 Å². The Bertz CT molecular complexity index is 350. The van der Waals surface area contributed by atoms with Crippen molar-refractivity contribution < 1.29 is 0 Å². The summed E-state index contributed by atoms with van der Waals surface area (Å²) in [6.07, 6.45) is 11.4. The van der Waals surface area contributed by atoms with Crippen molar-refractivity contribution in [3.63, 3.8) is 0 Å². The third-order valence-electron chi connectivity index (χ3n) is 3.55. The number of aryl methyl sites for hydroxylation is 2. The average Bonchev–Trinajstić information content (AvgIpc) is 2.90. The van der Waals surface area contributed by atoms with Gasteiger partial charge in [-0.1, -0.05) is 52.9 Å². The highest BCUT2D eigenvalue weighted by molar-refractivity contribution is 7.11. The van der Waals surface area contributed by atoms with E-state index in [1.54, 1.807) is 0 Å². The Hall–Kier alpha value is -0.480. The Morgan fingerprint density at radius 1 is 0.905 bits per heavy atom. The maximum atomic E-state index is 4.33. The summed E-state index contributed by atoms with van der Waals surface area (Å²) in [4.78, 5) is 0. The predicted molar refractivity (Wildman–Crippen MR) is 93.0 cm³/mol. The van der Waals surface area contributed by atoms with Crippen LogP contribution >= 0.6 is 11.3 Å². The highest BCUT2D eigenvalue weighted by Gasteiger charge is 2.04. The van der Waals surface area contributed by atoms with Gasteiger partial charge in [0.1, 0.15) is 10.0 Å². The first-order valence-corrected chi connectivity index (χ1v) is 9.56. The van der Waals surface area contributed by atoms with Gasteiger partial charge in [-0.2, -0.15) is 0 Å². The van der Waals surface area contributed by atoms with Gasteiger partial charge < -0.3 is 5.32 Å². The van der Waals surface area contributed by atoms with Crippen LogP contribution in [0.15, 0.2) is 0 Å². The zero-order valence-electron chi connectivity index (χ0n) is 14.2. The molecule has 0 saturated carbocycles. The summed E-state index contributed by atoms with van der Waals surface area (Å²) in [6, 6.07) is 0. The summed E-state index contributed by atoms with van der Waals surface area (Å²) in [6.45, 7) is 8.95. The molecule has 0 aliphatic rings. The lowest BCUT2D eigenvalue weighted by atomic mass is 10.1. The van der Waals surface area contributed by atoms with Crippen molar-refractivity contribution in [3.8, 4) is 0 Å². The van der Waals surface area contributed by atoms with E-state index in [4.69, 9.17) is 0 Å². The van der Waals surface area contributed by atoms with Crippen molar-refractivity contribution in [2.24, 2.45) is 5.92 Å². The van der Waals surface area contributed by atoms with Crippen LogP contribution in [0, 0.1) is 5.92 Å². The summed E-state index contributed by atoms with van der Waals surface area (Å²) in [5, 5.41) is 14.6. The molecule has 1 rings (SSSR count). The molecular weight excluding hydrogens is 278 g/mol. The second kappa shape index (κ2) is 12.1. The number of nitrogens with one attached hydrogen (secondary N) is 1. The average molecular weight is 312 g/mol. The predicted octanol–water partition coefficient (Wildman–Crippen LogP) is 4.62. The van der Waals surface area contributed by atoms with Crippen LogP contribution in [0.3, 0.4) is 0 Å². The molecule has 0 spiro atoms. The number of rotatable bonds is 13. The van der Waals surface area contributed by atoms with Gasteiger partial charge in [0.05, 0.1) is 0 Å². The van der Waals surface area contributed by atoms with Crippen LogP contribution in [0.2, 0.25) is 0 Å². The van der Waals surface area contributed by atoms with Crippen LogP contribution in [0.5, 0.6) is 0 Å². The summed E-state index contributed by atoms with van der Waals surface area (Å²) in [5.41, 5.74) is 0. The fourth-order valence-electron chi connectivity index (χ4n) is 2.30. The zero-order valence-corrected chi connectivity index (χ0v) is 15.0. The molecule has 0 amide bonds.